The number of carbonyl (C=O) groups excluding carboxylic acids is 2. The van der Waals surface area contributed by atoms with Gasteiger partial charge < -0.3 is 5.32 Å². The summed E-state index contributed by atoms with van der Waals surface area (Å²) in [4.78, 5) is 30.5. The molecule has 148 valence electrons. The zero-order valence-corrected chi connectivity index (χ0v) is 16.4. The zero-order chi connectivity index (χ0) is 20.7. The molecule has 2 unspecified atom stereocenters. The van der Waals surface area contributed by atoms with E-state index in [0.29, 0.717) is 11.5 Å². The highest BCUT2D eigenvalue weighted by Gasteiger charge is 2.39. The van der Waals surface area contributed by atoms with E-state index in [1.54, 1.807) is 24.3 Å². The molecule has 3 aromatic carbocycles. The van der Waals surface area contributed by atoms with Gasteiger partial charge in [-0.3, -0.25) is 19.5 Å². The average molecular weight is 396 g/mol. The summed E-state index contributed by atoms with van der Waals surface area (Å²) in [6.07, 6.45) is 0. The predicted octanol–water partition coefficient (Wildman–Crippen LogP) is 3.68. The normalized spacial score (nSPS) is 18.0. The van der Waals surface area contributed by atoms with E-state index in [1.165, 1.54) is 0 Å². The molecule has 0 saturated carbocycles. The first-order valence-corrected chi connectivity index (χ1v) is 9.82. The van der Waals surface area contributed by atoms with Crippen LogP contribution in [0.2, 0.25) is 0 Å². The van der Waals surface area contributed by atoms with Crippen molar-refractivity contribution in [2.24, 2.45) is 0 Å². The first-order valence-electron chi connectivity index (χ1n) is 9.82. The van der Waals surface area contributed by atoms with Crippen LogP contribution >= 0.6 is 0 Å². The molecule has 0 bridgehead atoms. The van der Waals surface area contributed by atoms with Gasteiger partial charge in [0.05, 0.1) is 17.1 Å². The summed E-state index contributed by atoms with van der Waals surface area (Å²) in [5.41, 5.74) is 4.25. The summed E-state index contributed by atoms with van der Waals surface area (Å²) >= 11 is 0. The highest BCUT2D eigenvalue weighted by atomic mass is 16.2. The summed E-state index contributed by atoms with van der Waals surface area (Å²) in [6.45, 7) is 2.02. The number of amides is 2. The largest absolute Gasteiger partial charge is 0.338 e. The molecular formula is C24H20N4O2. The Morgan fingerprint density at radius 3 is 2.43 bits per heavy atom. The number of nitrogens with one attached hydrogen (secondary N) is 2. The minimum absolute atomic E-state index is 0.285. The van der Waals surface area contributed by atoms with Crippen LogP contribution in [-0.2, 0) is 4.79 Å². The summed E-state index contributed by atoms with van der Waals surface area (Å²) in [5.74, 6) is -0.0922. The van der Waals surface area contributed by atoms with E-state index in [9.17, 15) is 9.59 Å². The van der Waals surface area contributed by atoms with E-state index in [-0.39, 0.29) is 11.8 Å². The molecule has 2 amide bonds. The molecule has 0 spiro atoms. The van der Waals surface area contributed by atoms with Gasteiger partial charge in [-0.15, -0.1) is 0 Å². The molecule has 1 aliphatic heterocycles. The van der Waals surface area contributed by atoms with Crippen molar-refractivity contribution in [3.05, 3.63) is 95.6 Å². The maximum absolute atomic E-state index is 13.1. The van der Waals surface area contributed by atoms with Crippen LogP contribution in [-0.4, -0.2) is 27.4 Å². The van der Waals surface area contributed by atoms with E-state index in [4.69, 9.17) is 0 Å². The summed E-state index contributed by atoms with van der Waals surface area (Å²) in [7, 11) is 0. The average Bonchev–Trinajstić information content (AvgIpc) is 3.13. The molecule has 4 aromatic rings. The molecule has 2 heterocycles. The van der Waals surface area contributed by atoms with Gasteiger partial charge in [0, 0.05) is 5.56 Å². The number of rotatable bonds is 3. The van der Waals surface area contributed by atoms with Crippen LogP contribution < -0.4 is 10.6 Å². The molecule has 30 heavy (non-hydrogen) atoms. The molecule has 6 heteroatoms. The van der Waals surface area contributed by atoms with E-state index >= 15 is 0 Å². The Kier molecular flexibility index (Phi) is 4.32. The second-order valence-electron chi connectivity index (χ2n) is 7.46. The number of fused-ring (bicyclic) bond motifs is 3. The van der Waals surface area contributed by atoms with Gasteiger partial charge in [0.2, 0.25) is 5.95 Å². The summed E-state index contributed by atoms with van der Waals surface area (Å²) in [6, 6.07) is 23.5. The molecule has 2 atom stereocenters. The molecule has 1 aromatic heterocycles. The van der Waals surface area contributed by atoms with Crippen LogP contribution in [0.15, 0.2) is 78.9 Å². The minimum Gasteiger partial charge on any atom is -0.338 e. The monoisotopic (exact) mass is 396 g/mol. The highest BCUT2D eigenvalue weighted by molar-refractivity contribution is 6.03. The van der Waals surface area contributed by atoms with Gasteiger partial charge in [-0.1, -0.05) is 60.2 Å². The van der Waals surface area contributed by atoms with Crippen LogP contribution in [0.4, 0.5) is 5.95 Å². The molecular weight excluding hydrogens is 376 g/mol. The van der Waals surface area contributed by atoms with Crippen molar-refractivity contribution < 1.29 is 9.59 Å². The van der Waals surface area contributed by atoms with Crippen molar-refractivity contribution in [1.29, 1.82) is 0 Å². The minimum atomic E-state index is -0.787. The van der Waals surface area contributed by atoms with Crippen LogP contribution in [0.25, 0.3) is 11.0 Å². The van der Waals surface area contributed by atoms with Crippen LogP contribution in [0.1, 0.15) is 27.5 Å². The Labute approximate surface area is 173 Å². The van der Waals surface area contributed by atoms with Crippen LogP contribution in [0.5, 0.6) is 0 Å². The Morgan fingerprint density at radius 2 is 1.67 bits per heavy atom. The van der Waals surface area contributed by atoms with Gasteiger partial charge in [0.25, 0.3) is 11.8 Å². The summed E-state index contributed by atoms with van der Waals surface area (Å²) < 4.78 is 2.00. The number of hydrogen-bond donors (Lipinski definition) is 2. The van der Waals surface area contributed by atoms with Crippen molar-refractivity contribution in [1.82, 2.24) is 14.9 Å². The lowest BCUT2D eigenvalue weighted by molar-refractivity contribution is -0.119. The fourth-order valence-electron chi connectivity index (χ4n) is 3.96. The first kappa shape index (κ1) is 18.1. The second-order valence-corrected chi connectivity index (χ2v) is 7.46. The number of hydrogen-bond acceptors (Lipinski definition) is 3. The standard InChI is InChI=1S/C24H20N4O2/c1-15-11-13-16(14-12-15)21-20(26-22(29)17-7-3-2-4-8-17)23(30)27-24-25-18-9-5-6-10-19(18)28(21)24/h2-14,20-21H,1H3,(H,26,29)(H,25,27,30). The van der Waals surface area contributed by atoms with Crippen molar-refractivity contribution in [3.63, 3.8) is 0 Å². The molecule has 1 aliphatic rings. The maximum Gasteiger partial charge on any atom is 0.251 e. The number of nitrogens with zero attached hydrogens (tertiary/aromatic N) is 2. The van der Waals surface area contributed by atoms with Gasteiger partial charge in [-0.2, -0.15) is 0 Å². The number of aromatic nitrogens is 2. The van der Waals surface area contributed by atoms with Gasteiger partial charge in [0.15, 0.2) is 0 Å². The van der Waals surface area contributed by atoms with E-state index < -0.39 is 12.1 Å². The molecule has 2 N–H and O–H groups in total. The molecule has 6 nitrogen and oxygen atoms in total. The summed E-state index contributed by atoms with van der Waals surface area (Å²) in [5, 5.41) is 5.81. The Morgan fingerprint density at radius 1 is 0.967 bits per heavy atom. The molecule has 0 saturated heterocycles. The number of para-hydroxylation sites is 2. The van der Waals surface area contributed by atoms with Crippen molar-refractivity contribution in [3.8, 4) is 0 Å². The third kappa shape index (κ3) is 3.03. The van der Waals surface area contributed by atoms with Gasteiger partial charge in [-0.25, -0.2) is 4.98 Å². The predicted molar refractivity (Wildman–Crippen MR) is 115 cm³/mol. The van der Waals surface area contributed by atoms with Gasteiger partial charge in [0.1, 0.15) is 6.04 Å². The molecule has 0 aliphatic carbocycles. The third-order valence-corrected chi connectivity index (χ3v) is 5.45. The van der Waals surface area contributed by atoms with E-state index in [0.717, 1.165) is 22.2 Å². The Bertz CT molecular complexity index is 1250. The lowest BCUT2D eigenvalue weighted by atomic mass is 9.95. The topological polar surface area (TPSA) is 76.0 Å². The van der Waals surface area contributed by atoms with Gasteiger partial charge >= 0.3 is 0 Å². The molecule has 0 fully saturated rings. The number of benzene rings is 3. The molecule has 5 rings (SSSR count). The fraction of sp³-hybridized carbons (Fsp3) is 0.125. The van der Waals surface area contributed by atoms with E-state index in [1.807, 2.05) is 66.1 Å². The second kappa shape index (κ2) is 7.15. The number of anilines is 1. The van der Waals surface area contributed by atoms with Crippen molar-refractivity contribution in [2.45, 2.75) is 19.0 Å². The van der Waals surface area contributed by atoms with Crippen LogP contribution in [0.3, 0.4) is 0 Å². The molecule has 0 radical (unpaired) electrons. The highest BCUT2D eigenvalue weighted by Crippen LogP contribution is 2.35. The van der Waals surface area contributed by atoms with Crippen molar-refractivity contribution >= 4 is 28.8 Å². The number of carbonyl (C=O) groups is 2. The number of imidazole rings is 1. The quantitative estimate of drug-likeness (QED) is 0.555. The zero-order valence-electron chi connectivity index (χ0n) is 16.4. The SMILES string of the molecule is Cc1ccc(C2C(NC(=O)c3ccccc3)C(=O)Nc3nc4ccccc4n32)cc1. The number of aryl methyl sites for hydroxylation is 1. The Balaban J connectivity index is 1.64. The third-order valence-electron chi connectivity index (χ3n) is 5.45. The maximum atomic E-state index is 13.1. The van der Waals surface area contributed by atoms with Crippen LogP contribution in [0, 0.1) is 6.92 Å². The Hall–Kier alpha value is -3.93. The fourth-order valence-corrected chi connectivity index (χ4v) is 3.96. The first-order chi connectivity index (χ1) is 14.6. The lowest BCUT2D eigenvalue weighted by Crippen LogP contribution is -2.52. The smallest absolute Gasteiger partial charge is 0.251 e. The lowest BCUT2D eigenvalue weighted by Gasteiger charge is -2.34. The van der Waals surface area contributed by atoms with Crippen molar-refractivity contribution in [2.75, 3.05) is 5.32 Å². The van der Waals surface area contributed by atoms with E-state index in [2.05, 4.69) is 15.6 Å². The van der Waals surface area contributed by atoms with Gasteiger partial charge in [-0.05, 0) is 36.8 Å².